The van der Waals surface area contributed by atoms with Crippen molar-refractivity contribution in [3.63, 3.8) is 0 Å². The average molecular weight is 509 g/mol. The predicted octanol–water partition coefficient (Wildman–Crippen LogP) is 4.92. The topological polar surface area (TPSA) is 62.1 Å². The summed E-state index contributed by atoms with van der Waals surface area (Å²) in [5.74, 6) is -2.50. The normalized spacial score (nSPS) is 18.8. The molecule has 1 N–H and O–H groups in total. The zero-order valence-electron chi connectivity index (χ0n) is 19.2. The first-order valence-corrected chi connectivity index (χ1v) is 11.6. The number of carbonyl (C=O) groups is 1. The quantitative estimate of drug-likeness (QED) is 0.507. The molecule has 2 aliphatic heterocycles. The number of nitrogens with zero attached hydrogens (tertiary/aromatic N) is 4. The fourth-order valence-electron chi connectivity index (χ4n) is 4.77. The van der Waals surface area contributed by atoms with Crippen LogP contribution in [-0.2, 0) is 4.74 Å². The Morgan fingerprint density at radius 1 is 1.11 bits per heavy atom. The summed E-state index contributed by atoms with van der Waals surface area (Å²) in [7, 11) is 0. The number of fused-ring (bicyclic) bond motifs is 1. The summed E-state index contributed by atoms with van der Waals surface area (Å²) in [6.07, 6.45) is -0.0786. The first-order chi connectivity index (χ1) is 17.2. The Morgan fingerprint density at radius 3 is 2.64 bits per heavy atom. The van der Waals surface area contributed by atoms with E-state index in [0.29, 0.717) is 43.6 Å². The summed E-state index contributed by atoms with van der Waals surface area (Å²) in [4.78, 5) is 20.3. The van der Waals surface area contributed by atoms with Crippen molar-refractivity contribution in [1.82, 2.24) is 14.3 Å². The van der Waals surface area contributed by atoms with E-state index < -0.39 is 36.2 Å². The third-order valence-electron chi connectivity index (χ3n) is 6.52. The third-order valence-corrected chi connectivity index (χ3v) is 6.52. The number of likely N-dealkylation sites (tertiary alicyclic amines) is 1. The molecule has 2 amide bonds. The van der Waals surface area contributed by atoms with Gasteiger partial charge in [-0.2, -0.15) is 13.2 Å². The molecule has 36 heavy (non-hydrogen) atoms. The van der Waals surface area contributed by atoms with E-state index in [0.717, 1.165) is 5.69 Å². The summed E-state index contributed by atoms with van der Waals surface area (Å²) in [5.41, 5.74) is 1.70. The van der Waals surface area contributed by atoms with Crippen LogP contribution in [0.1, 0.15) is 12.8 Å². The van der Waals surface area contributed by atoms with Crippen LogP contribution in [0, 0.1) is 17.6 Å². The van der Waals surface area contributed by atoms with E-state index in [2.05, 4.69) is 15.2 Å². The van der Waals surface area contributed by atoms with Gasteiger partial charge in [0, 0.05) is 68.4 Å². The van der Waals surface area contributed by atoms with Gasteiger partial charge in [-0.15, -0.1) is 0 Å². The van der Waals surface area contributed by atoms with Crippen LogP contribution in [0.25, 0.3) is 16.8 Å². The average Bonchev–Trinajstić information content (AvgIpc) is 3.49. The number of hydrogen-bond acceptors (Lipinski definition) is 4. The Labute approximate surface area is 203 Å². The molecule has 2 aromatic heterocycles. The molecular weight excluding hydrogens is 485 g/mol. The van der Waals surface area contributed by atoms with Crippen LogP contribution < -0.4 is 10.2 Å². The molecular formula is C24H24F5N5O2. The molecule has 0 radical (unpaired) electrons. The molecule has 5 rings (SSSR count). The Morgan fingerprint density at radius 2 is 1.89 bits per heavy atom. The lowest BCUT2D eigenvalue weighted by atomic mass is 10.0. The smallest absolute Gasteiger partial charge is 0.378 e. The monoisotopic (exact) mass is 509 g/mol. The molecule has 4 heterocycles. The van der Waals surface area contributed by atoms with Crippen molar-refractivity contribution in [2.24, 2.45) is 5.92 Å². The van der Waals surface area contributed by atoms with E-state index in [9.17, 15) is 26.7 Å². The maximum absolute atomic E-state index is 14.9. The summed E-state index contributed by atoms with van der Waals surface area (Å²) >= 11 is 0. The van der Waals surface area contributed by atoms with Gasteiger partial charge in [0.1, 0.15) is 11.6 Å². The standard InChI is InChI=1S/C24H24F5N5O2/c25-18-11-19(26)20(31-23(35)34-3-1-15(13-34)12-24(27,28)29)10-17(18)16-9-21(32-5-7-36-8-6-32)22-30-2-4-33(22)14-16/h2,4,9-11,14-15H,1,3,5-8,12-13H2,(H,31,35). The number of urea groups is 1. The molecule has 1 unspecified atom stereocenters. The fraction of sp³-hybridized carbons (Fsp3) is 0.417. The second-order valence-electron chi connectivity index (χ2n) is 9.03. The number of ether oxygens (including phenoxy) is 1. The molecule has 7 nitrogen and oxygen atoms in total. The number of rotatable bonds is 4. The van der Waals surface area contributed by atoms with Crippen LogP contribution in [0.3, 0.4) is 0 Å². The van der Waals surface area contributed by atoms with Gasteiger partial charge in [-0.25, -0.2) is 18.6 Å². The van der Waals surface area contributed by atoms with Crippen LogP contribution in [0.15, 0.2) is 36.8 Å². The van der Waals surface area contributed by atoms with Crippen molar-refractivity contribution in [3.05, 3.63) is 48.4 Å². The van der Waals surface area contributed by atoms with Crippen molar-refractivity contribution in [2.45, 2.75) is 19.0 Å². The first-order valence-electron chi connectivity index (χ1n) is 11.6. The minimum absolute atomic E-state index is 0.0631. The number of halogens is 5. The third kappa shape index (κ3) is 5.08. The summed E-state index contributed by atoms with van der Waals surface area (Å²) in [6.45, 7) is 2.38. The summed E-state index contributed by atoms with van der Waals surface area (Å²) in [6, 6.07) is 2.92. The molecule has 3 aromatic rings. The van der Waals surface area contributed by atoms with Crippen molar-refractivity contribution < 1.29 is 31.5 Å². The largest absolute Gasteiger partial charge is 0.389 e. The highest BCUT2D eigenvalue weighted by molar-refractivity contribution is 5.91. The number of hydrogen-bond donors (Lipinski definition) is 1. The van der Waals surface area contributed by atoms with Gasteiger partial charge in [0.2, 0.25) is 0 Å². The summed E-state index contributed by atoms with van der Waals surface area (Å²) < 4.78 is 74.8. The SMILES string of the molecule is O=C(Nc1cc(-c2cc(N3CCOCC3)c3nccn3c2)c(F)cc1F)N1CCC(CC(F)(F)F)C1. The number of aromatic nitrogens is 2. The van der Waals surface area contributed by atoms with Gasteiger partial charge in [0.25, 0.3) is 0 Å². The molecule has 1 aromatic carbocycles. The highest BCUT2D eigenvalue weighted by atomic mass is 19.4. The van der Waals surface area contributed by atoms with Crippen molar-refractivity contribution in [3.8, 4) is 11.1 Å². The van der Waals surface area contributed by atoms with Crippen LogP contribution >= 0.6 is 0 Å². The maximum Gasteiger partial charge on any atom is 0.389 e. The van der Waals surface area contributed by atoms with Gasteiger partial charge in [0.05, 0.1) is 24.6 Å². The molecule has 2 aliphatic rings. The number of carbonyl (C=O) groups excluding carboxylic acids is 1. The summed E-state index contributed by atoms with van der Waals surface area (Å²) in [5, 5.41) is 2.40. The van der Waals surface area contributed by atoms with E-state index >= 15 is 0 Å². The second kappa shape index (κ2) is 9.57. The van der Waals surface area contributed by atoms with Gasteiger partial charge in [-0.05, 0) is 24.5 Å². The number of imidazole rings is 1. The van der Waals surface area contributed by atoms with Gasteiger partial charge >= 0.3 is 12.2 Å². The lowest BCUT2D eigenvalue weighted by molar-refractivity contribution is -0.143. The number of amides is 2. The van der Waals surface area contributed by atoms with Crippen LogP contribution in [0.2, 0.25) is 0 Å². The Kier molecular flexibility index (Phi) is 6.45. The highest BCUT2D eigenvalue weighted by Crippen LogP contribution is 2.34. The molecule has 192 valence electrons. The molecule has 0 aliphatic carbocycles. The number of alkyl halides is 3. The Balaban J connectivity index is 1.41. The van der Waals surface area contributed by atoms with Crippen molar-refractivity contribution >= 4 is 23.1 Å². The molecule has 12 heteroatoms. The molecule has 1 atom stereocenters. The molecule has 0 spiro atoms. The number of anilines is 2. The van der Waals surface area contributed by atoms with Crippen LogP contribution in [0.5, 0.6) is 0 Å². The zero-order chi connectivity index (χ0) is 25.4. The van der Waals surface area contributed by atoms with Crippen molar-refractivity contribution in [2.75, 3.05) is 49.6 Å². The van der Waals surface area contributed by atoms with Crippen LogP contribution in [0.4, 0.5) is 38.1 Å². The molecule has 0 bridgehead atoms. The maximum atomic E-state index is 14.9. The van der Waals surface area contributed by atoms with Crippen molar-refractivity contribution in [1.29, 1.82) is 0 Å². The van der Waals surface area contributed by atoms with E-state index in [1.165, 1.54) is 11.0 Å². The number of pyridine rings is 1. The van der Waals surface area contributed by atoms with E-state index in [1.807, 2.05) is 0 Å². The van der Waals surface area contributed by atoms with Gasteiger partial charge in [-0.3, -0.25) is 0 Å². The molecule has 2 saturated heterocycles. The Hall–Kier alpha value is -3.41. The fourth-order valence-corrected chi connectivity index (χ4v) is 4.77. The predicted molar refractivity (Wildman–Crippen MR) is 123 cm³/mol. The lowest BCUT2D eigenvalue weighted by Gasteiger charge is -2.29. The zero-order valence-corrected chi connectivity index (χ0v) is 19.2. The minimum atomic E-state index is -4.31. The number of benzene rings is 1. The molecule has 0 saturated carbocycles. The second-order valence-corrected chi connectivity index (χ2v) is 9.03. The molecule has 2 fully saturated rings. The van der Waals surface area contributed by atoms with Crippen LogP contribution in [-0.4, -0.2) is 65.9 Å². The number of morpholine rings is 1. The van der Waals surface area contributed by atoms with Gasteiger partial charge in [0.15, 0.2) is 5.65 Å². The van der Waals surface area contributed by atoms with E-state index in [-0.39, 0.29) is 30.8 Å². The van der Waals surface area contributed by atoms with E-state index in [4.69, 9.17) is 4.74 Å². The van der Waals surface area contributed by atoms with Gasteiger partial charge in [-0.1, -0.05) is 0 Å². The minimum Gasteiger partial charge on any atom is -0.378 e. The van der Waals surface area contributed by atoms with Gasteiger partial charge < -0.3 is 24.3 Å². The Bertz CT molecular complexity index is 1270. The highest BCUT2D eigenvalue weighted by Gasteiger charge is 2.36. The first kappa shape index (κ1) is 24.3. The van der Waals surface area contributed by atoms with E-state index in [1.54, 1.807) is 29.1 Å². The lowest BCUT2D eigenvalue weighted by Crippen LogP contribution is -2.36. The number of nitrogens with one attached hydrogen (secondary N) is 1.